The highest BCUT2D eigenvalue weighted by Gasteiger charge is 2.14. The lowest BCUT2D eigenvalue weighted by molar-refractivity contribution is 0.0696. The Kier molecular flexibility index (Phi) is 3.74. The van der Waals surface area contributed by atoms with Crippen LogP contribution < -0.4 is 5.32 Å². The van der Waals surface area contributed by atoms with E-state index in [9.17, 15) is 14.0 Å². The van der Waals surface area contributed by atoms with Crippen molar-refractivity contribution in [3.05, 3.63) is 59.0 Å². The van der Waals surface area contributed by atoms with Crippen molar-refractivity contribution in [3.63, 3.8) is 0 Å². The quantitative estimate of drug-likeness (QED) is 0.901. The Bertz CT molecular complexity index is 669. The number of carbonyl (C=O) groups excluding carboxylic acids is 1. The van der Waals surface area contributed by atoms with Crippen LogP contribution in [0.2, 0.25) is 0 Å². The Morgan fingerprint density at radius 3 is 2.60 bits per heavy atom. The van der Waals surface area contributed by atoms with Crippen LogP contribution in [0.1, 0.15) is 26.3 Å². The van der Waals surface area contributed by atoms with Gasteiger partial charge in [-0.15, -0.1) is 0 Å². The van der Waals surface area contributed by atoms with E-state index < -0.39 is 17.7 Å². The van der Waals surface area contributed by atoms with Crippen molar-refractivity contribution in [2.75, 3.05) is 5.32 Å². The van der Waals surface area contributed by atoms with Gasteiger partial charge in [-0.2, -0.15) is 0 Å². The van der Waals surface area contributed by atoms with Gasteiger partial charge in [0.05, 0.1) is 11.1 Å². The number of carboxylic acids is 1. The van der Waals surface area contributed by atoms with E-state index in [-0.39, 0.29) is 16.9 Å². The maximum Gasteiger partial charge on any atom is 0.337 e. The number of nitrogens with one attached hydrogen (secondary N) is 1. The molecule has 0 saturated carbocycles. The minimum absolute atomic E-state index is 0.00438. The number of aromatic nitrogens is 1. The molecule has 0 saturated heterocycles. The molecule has 0 spiro atoms. The molecule has 0 bridgehead atoms. The molecule has 1 aromatic heterocycles. The van der Waals surface area contributed by atoms with Crippen LogP contribution in [0.25, 0.3) is 0 Å². The summed E-state index contributed by atoms with van der Waals surface area (Å²) in [4.78, 5) is 26.3. The second-order valence-electron chi connectivity index (χ2n) is 4.13. The molecule has 2 N–H and O–H groups in total. The van der Waals surface area contributed by atoms with Gasteiger partial charge in [0.1, 0.15) is 11.6 Å². The number of carbonyl (C=O) groups is 2. The van der Waals surface area contributed by atoms with Crippen molar-refractivity contribution in [2.45, 2.75) is 6.92 Å². The van der Waals surface area contributed by atoms with Crippen molar-refractivity contribution < 1.29 is 19.1 Å². The summed E-state index contributed by atoms with van der Waals surface area (Å²) in [5, 5.41) is 11.1. The van der Waals surface area contributed by atoms with Crippen molar-refractivity contribution in [1.82, 2.24) is 4.98 Å². The molecular formula is C14H11FN2O3. The molecule has 1 aromatic carbocycles. The van der Waals surface area contributed by atoms with Crippen LogP contribution in [-0.2, 0) is 0 Å². The summed E-state index contributed by atoms with van der Waals surface area (Å²) in [7, 11) is 0. The second-order valence-corrected chi connectivity index (χ2v) is 4.13. The summed E-state index contributed by atoms with van der Waals surface area (Å²) in [6.07, 6.45) is 1.12. The molecule has 20 heavy (non-hydrogen) atoms. The Labute approximate surface area is 114 Å². The lowest BCUT2D eigenvalue weighted by Gasteiger charge is -2.06. The molecule has 0 aliphatic carbocycles. The molecule has 6 heteroatoms. The SMILES string of the molecule is Cc1cccc(C(=O)Nc2ccc(C(=O)O)cn2)c1F. The largest absolute Gasteiger partial charge is 0.478 e. The highest BCUT2D eigenvalue weighted by molar-refractivity contribution is 6.04. The standard InChI is InChI=1S/C14H11FN2O3/c1-8-3-2-4-10(12(8)15)13(18)17-11-6-5-9(7-16-11)14(19)20/h2-7H,1H3,(H,19,20)(H,16,17,18). The van der Waals surface area contributed by atoms with Crippen molar-refractivity contribution >= 4 is 17.7 Å². The van der Waals surface area contributed by atoms with Gasteiger partial charge in [0, 0.05) is 6.20 Å². The smallest absolute Gasteiger partial charge is 0.337 e. The first-order valence-electron chi connectivity index (χ1n) is 5.75. The number of hydrogen-bond acceptors (Lipinski definition) is 3. The van der Waals surface area contributed by atoms with Gasteiger partial charge in [-0.3, -0.25) is 4.79 Å². The molecule has 0 atom stereocenters. The van der Waals surface area contributed by atoms with Crippen LogP contribution in [0, 0.1) is 12.7 Å². The van der Waals surface area contributed by atoms with Crippen molar-refractivity contribution in [1.29, 1.82) is 0 Å². The summed E-state index contributed by atoms with van der Waals surface area (Å²) in [5.41, 5.74) is 0.283. The Balaban J connectivity index is 2.19. The topological polar surface area (TPSA) is 79.3 Å². The number of anilines is 1. The molecule has 0 aliphatic rings. The van der Waals surface area contributed by atoms with E-state index in [1.165, 1.54) is 18.2 Å². The zero-order chi connectivity index (χ0) is 14.7. The minimum Gasteiger partial charge on any atom is -0.478 e. The zero-order valence-corrected chi connectivity index (χ0v) is 10.6. The molecule has 1 amide bonds. The molecule has 0 radical (unpaired) electrons. The van der Waals surface area contributed by atoms with E-state index in [0.717, 1.165) is 6.20 Å². The van der Waals surface area contributed by atoms with E-state index >= 15 is 0 Å². The molecule has 1 heterocycles. The fourth-order valence-corrected chi connectivity index (χ4v) is 1.60. The Morgan fingerprint density at radius 1 is 1.25 bits per heavy atom. The van der Waals surface area contributed by atoms with Crippen LogP contribution in [0.4, 0.5) is 10.2 Å². The number of carboxylic acid groups (broad SMARTS) is 1. The minimum atomic E-state index is -1.11. The fraction of sp³-hybridized carbons (Fsp3) is 0.0714. The van der Waals surface area contributed by atoms with Gasteiger partial charge in [0.2, 0.25) is 0 Å². The number of hydrogen-bond donors (Lipinski definition) is 2. The molecule has 102 valence electrons. The highest BCUT2D eigenvalue weighted by Crippen LogP contribution is 2.14. The van der Waals surface area contributed by atoms with Crippen LogP contribution in [0.5, 0.6) is 0 Å². The number of benzene rings is 1. The van der Waals surface area contributed by atoms with Gasteiger partial charge in [-0.1, -0.05) is 12.1 Å². The average Bonchev–Trinajstić information content (AvgIpc) is 2.42. The van der Waals surface area contributed by atoms with Gasteiger partial charge in [0.25, 0.3) is 5.91 Å². The second kappa shape index (κ2) is 5.48. The number of aromatic carboxylic acids is 1. The number of amides is 1. The normalized spacial score (nSPS) is 10.1. The molecule has 0 fully saturated rings. The average molecular weight is 274 g/mol. The molecule has 5 nitrogen and oxygen atoms in total. The number of halogens is 1. The molecule has 2 rings (SSSR count). The third kappa shape index (κ3) is 2.80. The van der Waals surface area contributed by atoms with Gasteiger partial charge in [-0.05, 0) is 30.7 Å². The van der Waals surface area contributed by atoms with Crippen LogP contribution >= 0.6 is 0 Å². The monoisotopic (exact) mass is 274 g/mol. The first kappa shape index (κ1) is 13.7. The predicted molar refractivity (Wildman–Crippen MR) is 70.3 cm³/mol. The third-order valence-corrected chi connectivity index (χ3v) is 2.69. The number of aryl methyl sites for hydroxylation is 1. The van der Waals surface area contributed by atoms with E-state index in [2.05, 4.69) is 10.3 Å². The van der Waals surface area contributed by atoms with Crippen molar-refractivity contribution in [3.8, 4) is 0 Å². The lowest BCUT2D eigenvalue weighted by Crippen LogP contribution is -2.15. The molecule has 2 aromatic rings. The zero-order valence-electron chi connectivity index (χ0n) is 10.6. The summed E-state index contributed by atoms with van der Waals surface area (Å²) in [6.45, 7) is 1.56. The summed E-state index contributed by atoms with van der Waals surface area (Å²) in [5.74, 6) is -2.19. The van der Waals surface area contributed by atoms with E-state index in [4.69, 9.17) is 5.11 Å². The lowest BCUT2D eigenvalue weighted by atomic mass is 10.1. The first-order valence-corrected chi connectivity index (χ1v) is 5.75. The van der Waals surface area contributed by atoms with Gasteiger partial charge in [0.15, 0.2) is 0 Å². The fourth-order valence-electron chi connectivity index (χ4n) is 1.60. The third-order valence-electron chi connectivity index (χ3n) is 2.69. The van der Waals surface area contributed by atoms with Gasteiger partial charge < -0.3 is 10.4 Å². The van der Waals surface area contributed by atoms with E-state index in [1.807, 2.05) is 0 Å². The number of nitrogens with zero attached hydrogens (tertiary/aromatic N) is 1. The van der Waals surface area contributed by atoms with Crippen LogP contribution in [-0.4, -0.2) is 22.0 Å². The van der Waals surface area contributed by atoms with Crippen molar-refractivity contribution in [2.24, 2.45) is 0 Å². The van der Waals surface area contributed by atoms with E-state index in [0.29, 0.717) is 5.56 Å². The summed E-state index contributed by atoms with van der Waals surface area (Å²) >= 11 is 0. The molecular weight excluding hydrogens is 263 g/mol. The van der Waals surface area contributed by atoms with Gasteiger partial charge in [-0.25, -0.2) is 14.2 Å². The molecule has 0 unspecified atom stereocenters. The van der Waals surface area contributed by atoms with Crippen LogP contribution in [0.15, 0.2) is 36.5 Å². The Hall–Kier alpha value is -2.76. The Morgan fingerprint density at radius 2 is 2.00 bits per heavy atom. The number of rotatable bonds is 3. The number of pyridine rings is 1. The highest BCUT2D eigenvalue weighted by atomic mass is 19.1. The van der Waals surface area contributed by atoms with E-state index in [1.54, 1.807) is 19.1 Å². The summed E-state index contributed by atoms with van der Waals surface area (Å²) in [6, 6.07) is 7.15. The predicted octanol–water partition coefficient (Wildman–Crippen LogP) is 2.48. The van der Waals surface area contributed by atoms with Gasteiger partial charge >= 0.3 is 5.97 Å². The van der Waals surface area contributed by atoms with Crippen LogP contribution in [0.3, 0.4) is 0 Å². The first-order chi connectivity index (χ1) is 9.49. The maximum absolute atomic E-state index is 13.8. The molecule has 0 aliphatic heterocycles. The summed E-state index contributed by atoms with van der Waals surface area (Å²) < 4.78 is 13.8. The maximum atomic E-state index is 13.8.